The van der Waals surface area contributed by atoms with Gasteiger partial charge in [0.05, 0.1) is 0 Å². The van der Waals surface area contributed by atoms with Crippen LogP contribution in [0.4, 0.5) is 0 Å². The van der Waals surface area contributed by atoms with E-state index in [1.165, 1.54) is 12.1 Å². The van der Waals surface area contributed by atoms with Gasteiger partial charge < -0.3 is 21.1 Å². The summed E-state index contributed by atoms with van der Waals surface area (Å²) in [5.41, 5.74) is 5.34. The van der Waals surface area contributed by atoms with Gasteiger partial charge in [0.1, 0.15) is 17.0 Å². The summed E-state index contributed by atoms with van der Waals surface area (Å²) in [6, 6.07) is 5.08. The summed E-state index contributed by atoms with van der Waals surface area (Å²) in [4.78, 5) is 22.4. The molecule has 1 aromatic carbocycles. The fourth-order valence-electron chi connectivity index (χ4n) is 1.38. The van der Waals surface area contributed by atoms with Crippen LogP contribution in [0.3, 0.4) is 0 Å². The molecule has 2 atom stereocenters. The maximum absolute atomic E-state index is 11.1. The standard InChI is InChI=1S/C12H15NO5S/c13-9(11(15)16)5-6-10(12(17)18)19-8-3-1-7(14)2-4-8/h1-4,9-10,14H,5-6,13H2,(H,15,16)(H,17,18)/t9-,10?/m0/s1. The third kappa shape index (κ3) is 5.19. The Morgan fingerprint density at radius 3 is 2.16 bits per heavy atom. The van der Waals surface area contributed by atoms with Crippen molar-refractivity contribution in [1.82, 2.24) is 0 Å². The number of hydrogen-bond donors (Lipinski definition) is 4. The Bertz CT molecular complexity index is 448. The van der Waals surface area contributed by atoms with Crippen molar-refractivity contribution >= 4 is 23.7 Å². The third-order valence-electron chi connectivity index (χ3n) is 2.45. The summed E-state index contributed by atoms with van der Waals surface area (Å²) in [5.74, 6) is -2.06. The van der Waals surface area contributed by atoms with Crippen LogP contribution < -0.4 is 5.73 Å². The van der Waals surface area contributed by atoms with Crippen molar-refractivity contribution in [3.63, 3.8) is 0 Å². The SMILES string of the molecule is N[C@@H](CCC(Sc1ccc(O)cc1)C(=O)O)C(=O)O. The fraction of sp³-hybridized carbons (Fsp3) is 0.333. The van der Waals surface area contributed by atoms with E-state index in [0.29, 0.717) is 4.90 Å². The van der Waals surface area contributed by atoms with Crippen LogP contribution in [-0.4, -0.2) is 38.5 Å². The number of rotatable bonds is 7. The predicted octanol–water partition coefficient (Wildman–Crippen LogP) is 1.13. The monoisotopic (exact) mass is 285 g/mol. The Hall–Kier alpha value is -1.73. The van der Waals surface area contributed by atoms with Gasteiger partial charge in [-0.05, 0) is 37.1 Å². The zero-order valence-corrected chi connectivity index (χ0v) is 10.8. The van der Waals surface area contributed by atoms with E-state index < -0.39 is 23.2 Å². The molecule has 0 aliphatic rings. The number of phenolic OH excluding ortho intramolecular Hbond substituents is 1. The van der Waals surface area contributed by atoms with Crippen molar-refractivity contribution in [2.75, 3.05) is 0 Å². The average molecular weight is 285 g/mol. The molecule has 0 saturated carbocycles. The van der Waals surface area contributed by atoms with Gasteiger partial charge in [-0.25, -0.2) is 0 Å². The summed E-state index contributed by atoms with van der Waals surface area (Å²) in [5, 5.41) is 26.1. The molecule has 0 bridgehead atoms. The number of nitrogens with two attached hydrogens (primary N) is 1. The molecular weight excluding hydrogens is 270 g/mol. The van der Waals surface area contributed by atoms with Gasteiger partial charge >= 0.3 is 11.9 Å². The topological polar surface area (TPSA) is 121 Å². The molecule has 0 fully saturated rings. The lowest BCUT2D eigenvalue weighted by molar-refractivity contribution is -0.140. The zero-order valence-electron chi connectivity index (χ0n) is 10.0. The van der Waals surface area contributed by atoms with Gasteiger partial charge in [-0.15, -0.1) is 11.8 Å². The second kappa shape index (κ2) is 7.01. The first kappa shape index (κ1) is 15.3. The second-order valence-electron chi connectivity index (χ2n) is 3.96. The summed E-state index contributed by atoms with van der Waals surface area (Å²) in [6.07, 6.45) is 0.256. The number of thioether (sulfide) groups is 1. The maximum atomic E-state index is 11.1. The average Bonchev–Trinajstić information content (AvgIpc) is 2.35. The van der Waals surface area contributed by atoms with Gasteiger partial charge in [-0.2, -0.15) is 0 Å². The number of benzene rings is 1. The Balaban J connectivity index is 2.60. The number of hydrogen-bond acceptors (Lipinski definition) is 5. The fourth-order valence-corrected chi connectivity index (χ4v) is 2.35. The summed E-state index contributed by atoms with van der Waals surface area (Å²) < 4.78 is 0. The van der Waals surface area contributed by atoms with E-state index in [1.807, 2.05) is 0 Å². The minimum Gasteiger partial charge on any atom is -0.508 e. The lowest BCUT2D eigenvalue weighted by atomic mass is 10.1. The molecule has 1 unspecified atom stereocenters. The van der Waals surface area contributed by atoms with Crippen molar-refractivity contribution in [1.29, 1.82) is 0 Å². The number of carboxylic acid groups (broad SMARTS) is 2. The molecule has 0 amide bonds. The molecule has 0 aliphatic carbocycles. The highest BCUT2D eigenvalue weighted by Gasteiger charge is 2.22. The van der Waals surface area contributed by atoms with Crippen LogP contribution in [0.2, 0.25) is 0 Å². The van der Waals surface area contributed by atoms with Crippen molar-refractivity contribution < 1.29 is 24.9 Å². The number of carbonyl (C=O) groups is 2. The molecule has 0 saturated heterocycles. The van der Waals surface area contributed by atoms with Crippen LogP contribution in [0.1, 0.15) is 12.8 Å². The van der Waals surface area contributed by atoms with Crippen molar-refractivity contribution in [3.8, 4) is 5.75 Å². The largest absolute Gasteiger partial charge is 0.508 e. The molecule has 0 aromatic heterocycles. The smallest absolute Gasteiger partial charge is 0.320 e. The molecule has 0 aliphatic heterocycles. The highest BCUT2D eigenvalue weighted by Crippen LogP contribution is 2.28. The molecule has 0 heterocycles. The lowest BCUT2D eigenvalue weighted by Crippen LogP contribution is -2.31. The highest BCUT2D eigenvalue weighted by molar-refractivity contribution is 8.00. The van der Waals surface area contributed by atoms with Crippen molar-refractivity contribution in [2.24, 2.45) is 5.73 Å². The normalized spacial score (nSPS) is 13.7. The first-order valence-electron chi connectivity index (χ1n) is 5.57. The van der Waals surface area contributed by atoms with Gasteiger partial charge in [0, 0.05) is 4.90 Å². The van der Waals surface area contributed by atoms with Crippen LogP contribution in [-0.2, 0) is 9.59 Å². The number of carboxylic acids is 2. The number of aliphatic carboxylic acids is 2. The molecular formula is C12H15NO5S. The van der Waals surface area contributed by atoms with Gasteiger partial charge in [0.25, 0.3) is 0 Å². The summed E-state index contributed by atoms with van der Waals surface area (Å²) in [7, 11) is 0. The van der Waals surface area contributed by atoms with Crippen LogP contribution >= 0.6 is 11.8 Å². The van der Waals surface area contributed by atoms with Crippen LogP contribution in [0, 0.1) is 0 Å². The quantitative estimate of drug-likeness (QED) is 0.554. The maximum Gasteiger partial charge on any atom is 0.320 e. The number of phenols is 1. The molecule has 104 valence electrons. The zero-order chi connectivity index (χ0) is 14.4. The van der Waals surface area contributed by atoms with Crippen LogP contribution in [0.5, 0.6) is 5.75 Å². The van der Waals surface area contributed by atoms with E-state index >= 15 is 0 Å². The first-order chi connectivity index (χ1) is 8.90. The van der Waals surface area contributed by atoms with Gasteiger partial charge in [0.2, 0.25) is 0 Å². The van der Waals surface area contributed by atoms with Crippen molar-refractivity contribution in [2.45, 2.75) is 29.0 Å². The third-order valence-corrected chi connectivity index (χ3v) is 3.71. The summed E-state index contributed by atoms with van der Waals surface area (Å²) in [6.45, 7) is 0. The highest BCUT2D eigenvalue weighted by atomic mass is 32.2. The molecule has 19 heavy (non-hydrogen) atoms. The van der Waals surface area contributed by atoms with Crippen LogP contribution in [0.15, 0.2) is 29.2 Å². The lowest BCUT2D eigenvalue weighted by Gasteiger charge is -2.13. The first-order valence-corrected chi connectivity index (χ1v) is 6.45. The van der Waals surface area contributed by atoms with Gasteiger partial charge in [-0.3, -0.25) is 9.59 Å². The van der Waals surface area contributed by atoms with E-state index in [2.05, 4.69) is 0 Å². The second-order valence-corrected chi connectivity index (χ2v) is 5.24. The van der Waals surface area contributed by atoms with E-state index in [4.69, 9.17) is 21.1 Å². The minimum absolute atomic E-state index is 0.0946. The van der Waals surface area contributed by atoms with E-state index in [9.17, 15) is 9.59 Å². The molecule has 0 radical (unpaired) electrons. The summed E-state index contributed by atoms with van der Waals surface area (Å²) >= 11 is 1.10. The van der Waals surface area contributed by atoms with E-state index in [-0.39, 0.29) is 18.6 Å². The van der Waals surface area contributed by atoms with Crippen molar-refractivity contribution in [3.05, 3.63) is 24.3 Å². The Labute approximate surface area is 114 Å². The molecule has 0 spiro atoms. The van der Waals surface area contributed by atoms with Gasteiger partial charge in [-0.1, -0.05) is 0 Å². The van der Waals surface area contributed by atoms with Crippen LogP contribution in [0.25, 0.3) is 0 Å². The number of aromatic hydroxyl groups is 1. The molecule has 1 aromatic rings. The Kier molecular flexibility index (Phi) is 5.65. The minimum atomic E-state index is -1.14. The van der Waals surface area contributed by atoms with E-state index in [0.717, 1.165) is 11.8 Å². The van der Waals surface area contributed by atoms with Gasteiger partial charge in [0.15, 0.2) is 0 Å². The molecule has 7 heteroatoms. The van der Waals surface area contributed by atoms with E-state index in [1.54, 1.807) is 12.1 Å². The predicted molar refractivity (Wildman–Crippen MR) is 70.2 cm³/mol. The Morgan fingerprint density at radius 1 is 1.11 bits per heavy atom. The molecule has 5 N–H and O–H groups in total. The Morgan fingerprint density at radius 2 is 1.68 bits per heavy atom. The molecule has 1 rings (SSSR count). The molecule has 6 nitrogen and oxygen atoms in total.